The van der Waals surface area contributed by atoms with E-state index in [9.17, 15) is 4.79 Å². The van der Waals surface area contributed by atoms with Gasteiger partial charge in [-0.15, -0.1) is 0 Å². The monoisotopic (exact) mass is 269 g/mol. The van der Waals surface area contributed by atoms with Gasteiger partial charge in [0, 0.05) is 44.5 Å². The van der Waals surface area contributed by atoms with E-state index in [1.54, 1.807) is 4.90 Å². The minimum Gasteiger partial charge on any atom is -0.370 e. The van der Waals surface area contributed by atoms with Crippen molar-refractivity contribution in [2.75, 3.05) is 32.1 Å². The molecule has 1 aliphatic heterocycles. The highest BCUT2D eigenvalue weighted by atomic mass is 16.2. The highest BCUT2D eigenvalue weighted by molar-refractivity contribution is 5.92. The Morgan fingerprint density at radius 3 is 2.90 bits per heavy atom. The number of benzene rings is 1. The van der Waals surface area contributed by atoms with Crippen molar-refractivity contribution in [2.24, 2.45) is 5.92 Å². The summed E-state index contributed by atoms with van der Waals surface area (Å²) >= 11 is 0. The van der Waals surface area contributed by atoms with Gasteiger partial charge in [0.15, 0.2) is 0 Å². The Labute approximate surface area is 119 Å². The smallest absolute Gasteiger partial charge is 0.227 e. The molecule has 0 N–H and O–H groups in total. The molecular weight excluding hydrogens is 250 g/mol. The molecule has 20 heavy (non-hydrogen) atoms. The molecule has 4 heteroatoms. The van der Waals surface area contributed by atoms with Crippen molar-refractivity contribution in [3.63, 3.8) is 0 Å². The molecule has 1 amide bonds. The molecule has 0 bridgehead atoms. The summed E-state index contributed by atoms with van der Waals surface area (Å²) in [5, 5.41) is 1.16. The van der Waals surface area contributed by atoms with Gasteiger partial charge in [-0.05, 0) is 18.6 Å². The summed E-state index contributed by atoms with van der Waals surface area (Å²) in [7, 11) is 3.65. The molecular formula is C16H19N3O. The van der Waals surface area contributed by atoms with Gasteiger partial charge in [0.1, 0.15) is 0 Å². The van der Waals surface area contributed by atoms with Gasteiger partial charge in [-0.25, -0.2) is 0 Å². The summed E-state index contributed by atoms with van der Waals surface area (Å²) in [5.41, 5.74) is 2.19. The van der Waals surface area contributed by atoms with Crippen LogP contribution in [0.4, 0.5) is 5.69 Å². The van der Waals surface area contributed by atoms with Crippen LogP contribution in [-0.2, 0) is 4.79 Å². The number of aromatic nitrogens is 1. The number of para-hydroxylation sites is 1. The zero-order valence-electron chi connectivity index (χ0n) is 11.9. The summed E-state index contributed by atoms with van der Waals surface area (Å²) < 4.78 is 0. The van der Waals surface area contributed by atoms with Crippen LogP contribution in [-0.4, -0.2) is 43.0 Å². The van der Waals surface area contributed by atoms with E-state index in [-0.39, 0.29) is 11.8 Å². The first-order valence-electron chi connectivity index (χ1n) is 6.96. The van der Waals surface area contributed by atoms with Crippen LogP contribution in [0.2, 0.25) is 0 Å². The first-order valence-corrected chi connectivity index (χ1v) is 6.96. The number of carbonyl (C=O) groups excluding carboxylic acids is 1. The fourth-order valence-electron chi connectivity index (χ4n) is 2.90. The molecule has 0 radical (unpaired) electrons. The number of anilines is 1. The highest BCUT2D eigenvalue weighted by Crippen LogP contribution is 2.30. The Balaban J connectivity index is 1.88. The minimum atomic E-state index is 0.108. The van der Waals surface area contributed by atoms with E-state index in [1.165, 1.54) is 5.69 Å². The van der Waals surface area contributed by atoms with Gasteiger partial charge >= 0.3 is 0 Å². The molecule has 1 aliphatic rings. The van der Waals surface area contributed by atoms with Crippen LogP contribution < -0.4 is 4.90 Å². The van der Waals surface area contributed by atoms with Crippen LogP contribution in [0.1, 0.15) is 6.42 Å². The molecule has 2 aromatic rings. The van der Waals surface area contributed by atoms with Gasteiger partial charge in [-0.2, -0.15) is 0 Å². The van der Waals surface area contributed by atoms with Gasteiger partial charge in [0.05, 0.1) is 11.4 Å². The van der Waals surface area contributed by atoms with Crippen molar-refractivity contribution >= 4 is 22.5 Å². The molecule has 1 aromatic carbocycles. The molecule has 0 aliphatic carbocycles. The quantitative estimate of drug-likeness (QED) is 0.838. The van der Waals surface area contributed by atoms with Crippen LogP contribution >= 0.6 is 0 Å². The Hall–Kier alpha value is -2.10. The van der Waals surface area contributed by atoms with Crippen molar-refractivity contribution in [1.82, 2.24) is 9.88 Å². The van der Waals surface area contributed by atoms with Gasteiger partial charge in [-0.1, -0.05) is 18.2 Å². The maximum Gasteiger partial charge on any atom is 0.227 e. The Bertz CT molecular complexity index is 633. The summed E-state index contributed by atoms with van der Waals surface area (Å²) in [6.45, 7) is 1.73. The second-order valence-corrected chi connectivity index (χ2v) is 5.51. The lowest BCUT2D eigenvalue weighted by Crippen LogP contribution is -2.31. The van der Waals surface area contributed by atoms with Gasteiger partial charge in [-0.3, -0.25) is 9.78 Å². The SMILES string of the molecule is CN(C)C(=O)C1CCN(c2ccnc3ccccc23)C1. The van der Waals surface area contributed by atoms with Crippen LogP contribution in [0.5, 0.6) is 0 Å². The largest absolute Gasteiger partial charge is 0.370 e. The van der Waals surface area contributed by atoms with Gasteiger partial charge in [0.2, 0.25) is 5.91 Å². The minimum absolute atomic E-state index is 0.108. The molecule has 1 fully saturated rings. The topological polar surface area (TPSA) is 36.4 Å². The number of hydrogen-bond acceptors (Lipinski definition) is 3. The van der Waals surface area contributed by atoms with E-state index in [0.29, 0.717) is 0 Å². The molecule has 1 aromatic heterocycles. The molecule has 1 unspecified atom stereocenters. The third-order valence-corrected chi connectivity index (χ3v) is 3.94. The number of nitrogens with zero attached hydrogens (tertiary/aromatic N) is 3. The van der Waals surface area contributed by atoms with E-state index < -0.39 is 0 Å². The second-order valence-electron chi connectivity index (χ2n) is 5.51. The van der Waals surface area contributed by atoms with E-state index in [0.717, 1.165) is 30.4 Å². The molecule has 1 saturated heterocycles. The molecule has 104 valence electrons. The fraction of sp³-hybridized carbons (Fsp3) is 0.375. The lowest BCUT2D eigenvalue weighted by atomic mass is 10.1. The van der Waals surface area contributed by atoms with Crippen molar-refractivity contribution in [1.29, 1.82) is 0 Å². The predicted octanol–water partition coefficient (Wildman–Crippen LogP) is 2.15. The third-order valence-electron chi connectivity index (χ3n) is 3.94. The van der Waals surface area contributed by atoms with E-state index in [4.69, 9.17) is 0 Å². The van der Waals surface area contributed by atoms with Gasteiger partial charge < -0.3 is 9.80 Å². The normalized spacial score (nSPS) is 18.5. The van der Waals surface area contributed by atoms with E-state index in [1.807, 2.05) is 44.6 Å². The van der Waals surface area contributed by atoms with Crippen molar-refractivity contribution in [3.8, 4) is 0 Å². The summed E-state index contributed by atoms with van der Waals surface area (Å²) in [4.78, 5) is 20.5. The Kier molecular flexibility index (Phi) is 3.30. The number of hydrogen-bond donors (Lipinski definition) is 0. The maximum absolute atomic E-state index is 12.1. The summed E-state index contributed by atoms with van der Waals surface area (Å²) in [5.74, 6) is 0.336. The third kappa shape index (κ3) is 2.22. The van der Waals surface area contributed by atoms with Crippen LogP contribution in [0.25, 0.3) is 10.9 Å². The van der Waals surface area contributed by atoms with Crippen LogP contribution in [0.15, 0.2) is 36.5 Å². The lowest BCUT2D eigenvalue weighted by Gasteiger charge is -2.21. The molecule has 4 nitrogen and oxygen atoms in total. The number of fused-ring (bicyclic) bond motifs is 1. The maximum atomic E-state index is 12.1. The molecule has 0 saturated carbocycles. The van der Waals surface area contributed by atoms with Crippen molar-refractivity contribution < 1.29 is 4.79 Å². The number of carbonyl (C=O) groups is 1. The number of rotatable bonds is 2. The average molecular weight is 269 g/mol. The van der Waals surface area contributed by atoms with Crippen molar-refractivity contribution in [2.45, 2.75) is 6.42 Å². The summed E-state index contributed by atoms with van der Waals surface area (Å²) in [6.07, 6.45) is 2.77. The first-order chi connectivity index (χ1) is 9.66. The van der Waals surface area contributed by atoms with Crippen LogP contribution in [0, 0.1) is 5.92 Å². The van der Waals surface area contributed by atoms with Crippen LogP contribution in [0.3, 0.4) is 0 Å². The predicted molar refractivity (Wildman–Crippen MR) is 80.8 cm³/mol. The highest BCUT2D eigenvalue weighted by Gasteiger charge is 2.30. The molecule has 2 heterocycles. The zero-order chi connectivity index (χ0) is 14.1. The molecule has 0 spiro atoms. The number of amides is 1. The lowest BCUT2D eigenvalue weighted by molar-refractivity contribution is -0.132. The fourth-order valence-corrected chi connectivity index (χ4v) is 2.90. The zero-order valence-corrected chi connectivity index (χ0v) is 11.9. The van der Waals surface area contributed by atoms with E-state index in [2.05, 4.69) is 16.0 Å². The molecule has 1 atom stereocenters. The Morgan fingerprint density at radius 2 is 2.10 bits per heavy atom. The van der Waals surface area contributed by atoms with Crippen molar-refractivity contribution in [3.05, 3.63) is 36.5 Å². The Morgan fingerprint density at radius 1 is 1.30 bits per heavy atom. The second kappa shape index (κ2) is 5.12. The molecule has 3 rings (SSSR count). The standard InChI is InChI=1S/C16H19N3O/c1-18(2)16(20)12-8-10-19(11-12)15-7-9-17-14-6-4-3-5-13(14)15/h3-7,9,12H,8,10-11H2,1-2H3. The van der Waals surface area contributed by atoms with Gasteiger partial charge in [0.25, 0.3) is 0 Å². The average Bonchev–Trinajstić information content (AvgIpc) is 2.95. The first kappa shape index (κ1) is 12.9. The number of pyridine rings is 1. The van der Waals surface area contributed by atoms with E-state index >= 15 is 0 Å². The summed E-state index contributed by atoms with van der Waals surface area (Å²) in [6, 6.07) is 10.2.